The Morgan fingerprint density at radius 3 is 2.41 bits per heavy atom. The van der Waals surface area contributed by atoms with Crippen molar-refractivity contribution in [3.05, 3.63) is 58.1 Å². The summed E-state index contributed by atoms with van der Waals surface area (Å²) in [5.41, 5.74) is 2.50. The van der Waals surface area contributed by atoms with Crippen molar-refractivity contribution in [3.8, 4) is 11.8 Å². The smallest absolute Gasteiger partial charge is 0.266 e. The van der Waals surface area contributed by atoms with E-state index in [1.54, 1.807) is 31.4 Å². The van der Waals surface area contributed by atoms with E-state index in [2.05, 4.69) is 40.0 Å². The number of carbonyl (C=O) groups excluding carboxylic acids is 1. The van der Waals surface area contributed by atoms with Crippen molar-refractivity contribution in [1.82, 2.24) is 0 Å². The topological polar surface area (TPSA) is 65.4 Å². The van der Waals surface area contributed by atoms with Crippen molar-refractivity contribution in [2.24, 2.45) is 0 Å². The van der Waals surface area contributed by atoms with Crippen LogP contribution in [0.5, 0.6) is 5.75 Å². The summed E-state index contributed by atoms with van der Waals surface area (Å²) in [6, 6.07) is 14.9. The number of halogens is 1. The lowest BCUT2D eigenvalue weighted by Crippen LogP contribution is -2.21. The molecule has 0 unspecified atom stereocenters. The number of hydrogen-bond acceptors (Lipinski definition) is 4. The van der Waals surface area contributed by atoms with Crippen LogP contribution in [0.2, 0.25) is 0 Å². The van der Waals surface area contributed by atoms with Gasteiger partial charge in [0.1, 0.15) is 17.4 Å². The van der Waals surface area contributed by atoms with Crippen LogP contribution in [0.15, 0.2) is 52.5 Å². The molecule has 2 aromatic carbocycles. The molecule has 140 valence electrons. The summed E-state index contributed by atoms with van der Waals surface area (Å²) in [7, 11) is 1.58. The molecule has 0 atom stereocenters. The predicted octanol–water partition coefficient (Wildman–Crippen LogP) is 4.85. The first-order chi connectivity index (χ1) is 13.0. The number of methoxy groups -OCH3 is 1. The summed E-state index contributed by atoms with van der Waals surface area (Å²) in [4.78, 5) is 14.7. The minimum absolute atomic E-state index is 0.0277. The lowest BCUT2D eigenvalue weighted by molar-refractivity contribution is -0.112. The molecule has 1 amide bonds. The van der Waals surface area contributed by atoms with Crippen LogP contribution in [0, 0.1) is 11.3 Å². The van der Waals surface area contributed by atoms with Crippen molar-refractivity contribution in [1.29, 1.82) is 5.26 Å². The van der Waals surface area contributed by atoms with Gasteiger partial charge in [0.05, 0.1) is 11.6 Å². The molecule has 0 bridgehead atoms. The van der Waals surface area contributed by atoms with Gasteiger partial charge in [-0.2, -0.15) is 5.26 Å². The Hall–Kier alpha value is -2.78. The van der Waals surface area contributed by atoms with Gasteiger partial charge < -0.3 is 15.0 Å². The molecular weight excluding hydrogens is 406 g/mol. The number of anilines is 2. The molecule has 27 heavy (non-hydrogen) atoms. The summed E-state index contributed by atoms with van der Waals surface area (Å²) in [6.45, 7) is 6.03. The molecule has 0 saturated heterocycles. The Morgan fingerprint density at radius 1 is 1.22 bits per heavy atom. The van der Waals surface area contributed by atoms with E-state index in [4.69, 9.17) is 4.74 Å². The summed E-state index contributed by atoms with van der Waals surface area (Å²) in [5, 5.41) is 12.1. The molecule has 0 fully saturated rings. The van der Waals surface area contributed by atoms with Crippen LogP contribution >= 0.6 is 15.9 Å². The van der Waals surface area contributed by atoms with E-state index in [-0.39, 0.29) is 5.57 Å². The highest BCUT2D eigenvalue weighted by Gasteiger charge is 2.11. The molecule has 2 rings (SSSR count). The second kappa shape index (κ2) is 9.79. The van der Waals surface area contributed by atoms with E-state index in [0.717, 1.165) is 28.8 Å². The molecule has 0 spiro atoms. The fraction of sp³-hybridized carbons (Fsp3) is 0.238. The first-order valence-corrected chi connectivity index (χ1v) is 9.43. The van der Waals surface area contributed by atoms with Crippen molar-refractivity contribution >= 4 is 39.3 Å². The van der Waals surface area contributed by atoms with E-state index in [1.165, 1.54) is 0 Å². The van der Waals surface area contributed by atoms with E-state index < -0.39 is 5.91 Å². The van der Waals surface area contributed by atoms with Gasteiger partial charge in [-0.1, -0.05) is 6.07 Å². The number of nitriles is 1. The Morgan fingerprint density at radius 2 is 1.89 bits per heavy atom. The molecule has 0 radical (unpaired) electrons. The lowest BCUT2D eigenvalue weighted by atomic mass is 10.1. The highest BCUT2D eigenvalue weighted by molar-refractivity contribution is 9.10. The third-order valence-electron chi connectivity index (χ3n) is 4.11. The van der Waals surface area contributed by atoms with Crippen LogP contribution in [0.1, 0.15) is 19.4 Å². The van der Waals surface area contributed by atoms with Gasteiger partial charge in [0.15, 0.2) is 0 Å². The number of rotatable bonds is 7. The highest BCUT2D eigenvalue weighted by atomic mass is 79.9. The summed E-state index contributed by atoms with van der Waals surface area (Å²) < 4.78 is 5.94. The van der Waals surface area contributed by atoms with Gasteiger partial charge in [0, 0.05) is 24.5 Å². The fourth-order valence-corrected chi connectivity index (χ4v) is 3.19. The van der Waals surface area contributed by atoms with Gasteiger partial charge in [-0.25, -0.2) is 0 Å². The van der Waals surface area contributed by atoms with Crippen LogP contribution in [0.25, 0.3) is 6.08 Å². The summed E-state index contributed by atoms with van der Waals surface area (Å²) in [5.74, 6) is 0.239. The molecule has 0 aromatic heterocycles. The predicted molar refractivity (Wildman–Crippen MR) is 113 cm³/mol. The molecule has 5 nitrogen and oxygen atoms in total. The second-order valence-electron chi connectivity index (χ2n) is 5.74. The number of carbonyl (C=O) groups is 1. The quantitative estimate of drug-likeness (QED) is 0.506. The Balaban J connectivity index is 2.15. The van der Waals surface area contributed by atoms with E-state index in [1.807, 2.05) is 30.3 Å². The molecule has 0 aliphatic rings. The van der Waals surface area contributed by atoms with Gasteiger partial charge >= 0.3 is 0 Å². The van der Waals surface area contributed by atoms with Crippen molar-refractivity contribution in [2.45, 2.75) is 13.8 Å². The maximum atomic E-state index is 12.4. The number of hydrogen-bond donors (Lipinski definition) is 1. The van der Waals surface area contributed by atoms with E-state index in [0.29, 0.717) is 11.4 Å². The number of nitrogens with zero attached hydrogens (tertiary/aromatic N) is 2. The monoisotopic (exact) mass is 427 g/mol. The van der Waals surface area contributed by atoms with Crippen LogP contribution < -0.4 is 15.0 Å². The number of amides is 1. The highest BCUT2D eigenvalue weighted by Crippen LogP contribution is 2.26. The normalized spacial score (nSPS) is 10.9. The van der Waals surface area contributed by atoms with Crippen LogP contribution in [0.3, 0.4) is 0 Å². The van der Waals surface area contributed by atoms with Crippen LogP contribution in [-0.4, -0.2) is 26.1 Å². The zero-order valence-corrected chi connectivity index (χ0v) is 17.2. The third-order valence-corrected chi connectivity index (χ3v) is 4.73. The molecule has 0 saturated carbocycles. The fourth-order valence-electron chi connectivity index (χ4n) is 2.63. The second-order valence-corrected chi connectivity index (χ2v) is 6.59. The van der Waals surface area contributed by atoms with Crippen molar-refractivity contribution in [2.75, 3.05) is 30.4 Å². The minimum atomic E-state index is -0.444. The maximum absolute atomic E-state index is 12.4. The average Bonchev–Trinajstić information content (AvgIpc) is 2.68. The Kier molecular flexibility index (Phi) is 7.44. The van der Waals surface area contributed by atoms with Gasteiger partial charge in [0.25, 0.3) is 5.91 Å². The molecule has 0 aliphatic heterocycles. The first kappa shape index (κ1) is 20.5. The van der Waals surface area contributed by atoms with E-state index in [9.17, 15) is 10.1 Å². The standard InChI is InChI=1S/C21H22BrN3O2/c1-4-25(5-2)18-9-7-17(8-10-18)24-21(26)16(14-23)12-15-6-11-20(27-3)19(22)13-15/h6-13H,4-5H2,1-3H3,(H,24,26)/b16-12-. The van der Waals surface area contributed by atoms with Crippen LogP contribution in [-0.2, 0) is 4.79 Å². The molecular formula is C21H22BrN3O2. The first-order valence-electron chi connectivity index (χ1n) is 8.64. The summed E-state index contributed by atoms with van der Waals surface area (Å²) >= 11 is 3.40. The lowest BCUT2D eigenvalue weighted by Gasteiger charge is -2.21. The number of nitrogens with one attached hydrogen (secondary N) is 1. The van der Waals surface area contributed by atoms with Gasteiger partial charge in [-0.15, -0.1) is 0 Å². The maximum Gasteiger partial charge on any atom is 0.266 e. The van der Waals surface area contributed by atoms with Crippen molar-refractivity contribution in [3.63, 3.8) is 0 Å². The molecule has 0 heterocycles. The molecule has 6 heteroatoms. The zero-order chi connectivity index (χ0) is 19.8. The average molecular weight is 428 g/mol. The van der Waals surface area contributed by atoms with Gasteiger partial charge in [-0.05, 0) is 77.8 Å². The largest absolute Gasteiger partial charge is 0.496 e. The van der Waals surface area contributed by atoms with Gasteiger partial charge in [-0.3, -0.25) is 4.79 Å². The molecule has 2 aromatic rings. The van der Waals surface area contributed by atoms with E-state index >= 15 is 0 Å². The van der Waals surface area contributed by atoms with Crippen LogP contribution in [0.4, 0.5) is 11.4 Å². The SMILES string of the molecule is CCN(CC)c1ccc(NC(=O)/C(C#N)=C\c2ccc(OC)c(Br)c2)cc1. The number of ether oxygens (including phenoxy) is 1. The minimum Gasteiger partial charge on any atom is -0.496 e. The van der Waals surface area contributed by atoms with Gasteiger partial charge in [0.2, 0.25) is 0 Å². The number of benzene rings is 2. The third kappa shape index (κ3) is 5.35. The summed E-state index contributed by atoms with van der Waals surface area (Å²) in [6.07, 6.45) is 1.55. The molecule has 0 aliphatic carbocycles. The molecule has 1 N–H and O–H groups in total. The zero-order valence-electron chi connectivity index (χ0n) is 15.6. The Labute approximate surface area is 168 Å². The Bertz CT molecular complexity index is 866. The van der Waals surface area contributed by atoms with Crippen molar-refractivity contribution < 1.29 is 9.53 Å².